The van der Waals surface area contributed by atoms with Crippen molar-refractivity contribution in [2.45, 2.75) is 6.92 Å². The summed E-state index contributed by atoms with van der Waals surface area (Å²) in [5.74, 6) is 0.616. The predicted molar refractivity (Wildman–Crippen MR) is 58.1 cm³/mol. The molecule has 0 spiro atoms. The molecule has 2 rings (SSSR count). The van der Waals surface area contributed by atoms with Crippen LogP contribution in [0.4, 0.5) is 5.69 Å². The van der Waals surface area contributed by atoms with Gasteiger partial charge in [0, 0.05) is 0 Å². The minimum atomic E-state index is -0.0944. The molecule has 0 aliphatic heterocycles. The zero-order valence-electron chi connectivity index (χ0n) is 7.88. The highest BCUT2D eigenvalue weighted by molar-refractivity contribution is 7.17. The number of anilines is 1. The Hall–Kier alpha value is -1.49. The average Bonchev–Trinajstić information content (AvgIpc) is 2.54. The molecule has 1 heterocycles. The number of ether oxygens (including phenoxy) is 1. The molecule has 0 atom stereocenters. The summed E-state index contributed by atoms with van der Waals surface area (Å²) < 4.78 is 5.88. The summed E-state index contributed by atoms with van der Waals surface area (Å²) in [6.07, 6.45) is 0. The molecule has 2 aromatic rings. The third-order valence-corrected chi connectivity index (χ3v) is 3.04. The third kappa shape index (κ3) is 1.17. The van der Waals surface area contributed by atoms with Crippen molar-refractivity contribution in [2.24, 2.45) is 0 Å². The Morgan fingerprint density at radius 3 is 2.93 bits per heavy atom. The second-order valence-electron chi connectivity index (χ2n) is 3.03. The van der Waals surface area contributed by atoms with Gasteiger partial charge in [-0.25, -0.2) is 0 Å². The molecule has 0 saturated carbocycles. The van der Waals surface area contributed by atoms with Gasteiger partial charge in [-0.15, -0.1) is 0 Å². The molecular formula is C9H10N2O2S. The van der Waals surface area contributed by atoms with Gasteiger partial charge in [-0.3, -0.25) is 4.79 Å². The highest BCUT2D eigenvalue weighted by atomic mass is 32.1. The molecule has 0 fully saturated rings. The van der Waals surface area contributed by atoms with E-state index in [2.05, 4.69) is 4.98 Å². The van der Waals surface area contributed by atoms with Crippen LogP contribution in [0.5, 0.6) is 5.75 Å². The van der Waals surface area contributed by atoms with E-state index in [1.807, 2.05) is 13.0 Å². The molecule has 3 N–H and O–H groups in total. The van der Waals surface area contributed by atoms with Gasteiger partial charge in [-0.2, -0.15) is 0 Å². The number of fused-ring (bicyclic) bond motifs is 1. The van der Waals surface area contributed by atoms with Crippen molar-refractivity contribution in [3.8, 4) is 5.75 Å². The standard InChI is InChI=1S/C9H10N2O2S/c1-4-3-5(13-2)6(10)8-7(4)11-9(12)14-8/h3H,10H2,1-2H3,(H,11,12). The van der Waals surface area contributed by atoms with E-state index < -0.39 is 0 Å². The summed E-state index contributed by atoms with van der Waals surface area (Å²) in [6.45, 7) is 1.91. The van der Waals surface area contributed by atoms with Gasteiger partial charge >= 0.3 is 4.87 Å². The Bertz CT molecular complexity index is 541. The number of H-pyrrole nitrogens is 1. The summed E-state index contributed by atoms with van der Waals surface area (Å²) in [4.78, 5) is 13.8. The van der Waals surface area contributed by atoms with Gasteiger partial charge in [0.25, 0.3) is 0 Å². The van der Waals surface area contributed by atoms with Gasteiger partial charge in [-0.1, -0.05) is 11.3 Å². The van der Waals surface area contributed by atoms with Crippen LogP contribution in [0, 0.1) is 6.92 Å². The van der Waals surface area contributed by atoms with Crippen molar-refractivity contribution in [1.82, 2.24) is 4.98 Å². The summed E-state index contributed by atoms with van der Waals surface area (Å²) in [6, 6.07) is 1.82. The molecule has 0 bridgehead atoms. The number of rotatable bonds is 1. The lowest BCUT2D eigenvalue weighted by molar-refractivity contribution is 0.417. The van der Waals surface area contributed by atoms with Crippen molar-refractivity contribution in [3.63, 3.8) is 0 Å². The Morgan fingerprint density at radius 1 is 1.57 bits per heavy atom. The van der Waals surface area contributed by atoms with Gasteiger partial charge in [0.2, 0.25) is 0 Å². The number of nitrogen functional groups attached to an aromatic ring is 1. The lowest BCUT2D eigenvalue weighted by atomic mass is 10.2. The fraction of sp³-hybridized carbons (Fsp3) is 0.222. The first-order valence-electron chi connectivity index (χ1n) is 4.09. The largest absolute Gasteiger partial charge is 0.495 e. The first-order valence-corrected chi connectivity index (χ1v) is 4.91. The number of methoxy groups -OCH3 is 1. The van der Waals surface area contributed by atoms with Gasteiger partial charge in [0.15, 0.2) is 0 Å². The van der Waals surface area contributed by atoms with E-state index in [9.17, 15) is 4.79 Å². The number of thiazole rings is 1. The van der Waals surface area contributed by atoms with Crippen molar-refractivity contribution in [3.05, 3.63) is 21.3 Å². The molecule has 0 saturated heterocycles. The molecule has 0 unspecified atom stereocenters. The van der Waals surface area contributed by atoms with Crippen LogP contribution < -0.4 is 15.3 Å². The number of nitrogens with one attached hydrogen (secondary N) is 1. The summed E-state index contributed by atoms with van der Waals surface area (Å²) >= 11 is 1.11. The maximum Gasteiger partial charge on any atom is 0.305 e. The number of aromatic amines is 1. The SMILES string of the molecule is COc1cc(C)c2[nH]c(=O)sc2c1N. The Morgan fingerprint density at radius 2 is 2.29 bits per heavy atom. The number of hydrogen-bond acceptors (Lipinski definition) is 4. The number of aryl methyl sites for hydroxylation is 1. The zero-order valence-corrected chi connectivity index (χ0v) is 8.70. The molecule has 0 aliphatic rings. The van der Waals surface area contributed by atoms with E-state index >= 15 is 0 Å². The monoisotopic (exact) mass is 210 g/mol. The topological polar surface area (TPSA) is 68.1 Å². The highest BCUT2D eigenvalue weighted by Gasteiger charge is 2.10. The Balaban J connectivity index is 2.93. The third-order valence-electron chi connectivity index (χ3n) is 2.12. The molecule has 4 nitrogen and oxygen atoms in total. The number of nitrogens with two attached hydrogens (primary N) is 1. The van der Waals surface area contributed by atoms with E-state index in [1.54, 1.807) is 7.11 Å². The molecule has 5 heteroatoms. The molecule has 1 aromatic carbocycles. The minimum Gasteiger partial charge on any atom is -0.495 e. The van der Waals surface area contributed by atoms with Crippen LogP contribution in [-0.4, -0.2) is 12.1 Å². The quantitative estimate of drug-likeness (QED) is 0.701. The Labute approximate surface area is 84.3 Å². The minimum absolute atomic E-state index is 0.0944. The van der Waals surface area contributed by atoms with Gasteiger partial charge in [-0.05, 0) is 18.6 Å². The Kier molecular flexibility index (Phi) is 1.96. The summed E-state index contributed by atoms with van der Waals surface area (Å²) in [7, 11) is 1.56. The normalized spacial score (nSPS) is 10.7. The van der Waals surface area contributed by atoms with E-state index in [-0.39, 0.29) is 4.87 Å². The van der Waals surface area contributed by atoms with Gasteiger partial charge in [0.1, 0.15) is 5.75 Å². The van der Waals surface area contributed by atoms with Crippen LogP contribution in [0.2, 0.25) is 0 Å². The van der Waals surface area contributed by atoms with E-state index in [1.165, 1.54) is 0 Å². The van der Waals surface area contributed by atoms with Crippen molar-refractivity contribution < 1.29 is 4.74 Å². The average molecular weight is 210 g/mol. The second-order valence-corrected chi connectivity index (χ2v) is 4.01. The van der Waals surface area contributed by atoms with E-state index in [0.717, 1.165) is 27.1 Å². The van der Waals surface area contributed by atoms with Crippen LogP contribution in [-0.2, 0) is 0 Å². The van der Waals surface area contributed by atoms with Crippen molar-refractivity contribution >= 4 is 27.2 Å². The smallest absolute Gasteiger partial charge is 0.305 e. The van der Waals surface area contributed by atoms with Crippen LogP contribution in [0.15, 0.2) is 10.9 Å². The van der Waals surface area contributed by atoms with Crippen molar-refractivity contribution in [2.75, 3.05) is 12.8 Å². The lowest BCUT2D eigenvalue weighted by Gasteiger charge is -2.06. The summed E-state index contributed by atoms with van der Waals surface area (Å²) in [5, 5.41) is 0. The van der Waals surface area contributed by atoms with Gasteiger partial charge < -0.3 is 15.5 Å². The van der Waals surface area contributed by atoms with E-state index in [4.69, 9.17) is 10.5 Å². The van der Waals surface area contributed by atoms with Crippen LogP contribution in [0.1, 0.15) is 5.56 Å². The first kappa shape index (κ1) is 9.08. The van der Waals surface area contributed by atoms with Gasteiger partial charge in [0.05, 0.1) is 23.0 Å². The van der Waals surface area contributed by atoms with Crippen LogP contribution >= 0.6 is 11.3 Å². The second kappa shape index (κ2) is 3.02. The molecule has 74 valence electrons. The maximum atomic E-state index is 11.2. The first-order chi connectivity index (χ1) is 6.63. The molecule has 1 aromatic heterocycles. The predicted octanol–water partition coefficient (Wildman–Crippen LogP) is 1.49. The fourth-order valence-electron chi connectivity index (χ4n) is 1.42. The molecule has 14 heavy (non-hydrogen) atoms. The number of hydrogen-bond donors (Lipinski definition) is 2. The van der Waals surface area contributed by atoms with E-state index in [0.29, 0.717) is 11.4 Å². The van der Waals surface area contributed by atoms with Crippen molar-refractivity contribution in [1.29, 1.82) is 0 Å². The molecule has 0 amide bonds. The molecule has 0 radical (unpaired) electrons. The molecule has 0 aliphatic carbocycles. The van der Waals surface area contributed by atoms with Crippen LogP contribution in [0.3, 0.4) is 0 Å². The lowest BCUT2D eigenvalue weighted by Crippen LogP contribution is -1.94. The highest BCUT2D eigenvalue weighted by Crippen LogP contribution is 2.33. The summed E-state index contributed by atoms with van der Waals surface area (Å²) in [5.41, 5.74) is 8.13. The maximum absolute atomic E-state index is 11.2. The van der Waals surface area contributed by atoms with Crippen LogP contribution in [0.25, 0.3) is 10.2 Å². The number of aromatic nitrogens is 1. The zero-order chi connectivity index (χ0) is 10.3. The molecular weight excluding hydrogens is 200 g/mol. The fourth-order valence-corrected chi connectivity index (χ4v) is 2.29. The number of benzene rings is 1.